The minimum atomic E-state index is -0.944. The van der Waals surface area contributed by atoms with Gasteiger partial charge in [0, 0.05) is 33.9 Å². The van der Waals surface area contributed by atoms with Gasteiger partial charge in [0.15, 0.2) is 5.78 Å². The summed E-state index contributed by atoms with van der Waals surface area (Å²) in [6, 6.07) is 5.45. The smallest absolute Gasteiger partial charge is 0.163 e. The molecule has 0 spiro atoms. The van der Waals surface area contributed by atoms with E-state index in [1.807, 2.05) is 6.07 Å². The molecule has 0 saturated carbocycles. The summed E-state index contributed by atoms with van der Waals surface area (Å²) < 4.78 is 11.2. The van der Waals surface area contributed by atoms with Gasteiger partial charge in [-0.15, -0.1) is 0 Å². The molecule has 68 valence electrons. The number of fused-ring (bicyclic) bond motifs is 1. The summed E-state index contributed by atoms with van der Waals surface area (Å²) in [6.45, 7) is 0. The molecular formula is C10H10O2S. The summed E-state index contributed by atoms with van der Waals surface area (Å²) in [5.41, 5.74) is 1.87. The molecule has 0 radical (unpaired) electrons. The SMILES string of the molecule is CS(=O)c1ccc2c(c1)CCC2=O. The molecule has 0 heterocycles. The van der Waals surface area contributed by atoms with Crippen molar-refractivity contribution in [3.05, 3.63) is 29.3 Å². The Balaban J connectivity index is 2.51. The van der Waals surface area contributed by atoms with E-state index in [4.69, 9.17) is 0 Å². The molecule has 1 aromatic carbocycles. The molecule has 1 aromatic rings. The Morgan fingerprint density at radius 1 is 1.31 bits per heavy atom. The van der Waals surface area contributed by atoms with E-state index in [1.54, 1.807) is 18.4 Å². The predicted molar refractivity (Wildman–Crippen MR) is 51.4 cm³/mol. The summed E-state index contributed by atoms with van der Waals surface area (Å²) in [5, 5.41) is 0. The van der Waals surface area contributed by atoms with E-state index in [-0.39, 0.29) is 5.78 Å². The number of carbonyl (C=O) groups excluding carboxylic acids is 1. The molecule has 1 aliphatic carbocycles. The van der Waals surface area contributed by atoms with Crippen LogP contribution in [0.5, 0.6) is 0 Å². The van der Waals surface area contributed by atoms with E-state index in [2.05, 4.69) is 0 Å². The van der Waals surface area contributed by atoms with E-state index >= 15 is 0 Å². The minimum absolute atomic E-state index is 0.212. The number of ketones is 1. The minimum Gasteiger partial charge on any atom is -0.294 e. The molecule has 0 amide bonds. The molecule has 0 aromatic heterocycles. The molecule has 0 N–H and O–H groups in total. The van der Waals surface area contributed by atoms with Gasteiger partial charge in [-0.1, -0.05) is 0 Å². The quantitative estimate of drug-likeness (QED) is 0.679. The van der Waals surface area contributed by atoms with E-state index in [0.29, 0.717) is 6.42 Å². The molecule has 2 nitrogen and oxygen atoms in total. The highest BCUT2D eigenvalue weighted by atomic mass is 32.2. The molecule has 1 aliphatic rings. The van der Waals surface area contributed by atoms with Crippen molar-refractivity contribution in [3.63, 3.8) is 0 Å². The second-order valence-corrected chi connectivity index (χ2v) is 4.58. The number of hydrogen-bond donors (Lipinski definition) is 0. The van der Waals surface area contributed by atoms with Gasteiger partial charge in [-0.05, 0) is 30.2 Å². The second kappa shape index (κ2) is 3.07. The van der Waals surface area contributed by atoms with Crippen molar-refractivity contribution < 1.29 is 9.00 Å². The van der Waals surface area contributed by atoms with Gasteiger partial charge in [-0.25, -0.2) is 0 Å². The molecule has 2 rings (SSSR count). The number of hydrogen-bond acceptors (Lipinski definition) is 2. The van der Waals surface area contributed by atoms with Gasteiger partial charge in [-0.3, -0.25) is 9.00 Å². The van der Waals surface area contributed by atoms with E-state index < -0.39 is 10.8 Å². The third-order valence-corrected chi connectivity index (χ3v) is 3.25. The normalized spacial score (nSPS) is 17.2. The zero-order valence-electron chi connectivity index (χ0n) is 7.37. The van der Waals surface area contributed by atoms with Gasteiger partial charge in [0.05, 0.1) is 0 Å². The molecule has 1 atom stereocenters. The first kappa shape index (κ1) is 8.63. The molecule has 3 heteroatoms. The lowest BCUT2D eigenvalue weighted by molar-refractivity contribution is 0.0994. The largest absolute Gasteiger partial charge is 0.294 e. The van der Waals surface area contributed by atoms with Crippen LogP contribution in [0.15, 0.2) is 23.1 Å². The first-order valence-electron chi connectivity index (χ1n) is 4.18. The monoisotopic (exact) mass is 194 g/mol. The van der Waals surface area contributed by atoms with Gasteiger partial charge in [0.25, 0.3) is 0 Å². The van der Waals surface area contributed by atoms with E-state index in [0.717, 1.165) is 22.4 Å². The average Bonchev–Trinajstić information content (AvgIpc) is 2.47. The lowest BCUT2D eigenvalue weighted by atomic mass is 10.1. The van der Waals surface area contributed by atoms with Crippen LogP contribution in [0.1, 0.15) is 22.3 Å². The summed E-state index contributed by atoms with van der Waals surface area (Å²) in [7, 11) is -0.944. The number of benzene rings is 1. The Kier molecular flexibility index (Phi) is 2.04. The van der Waals surface area contributed by atoms with Crippen LogP contribution in [0.4, 0.5) is 0 Å². The first-order valence-corrected chi connectivity index (χ1v) is 5.74. The van der Waals surface area contributed by atoms with Crippen LogP contribution in [0.25, 0.3) is 0 Å². The average molecular weight is 194 g/mol. The summed E-state index contributed by atoms with van der Waals surface area (Å²) >= 11 is 0. The fourth-order valence-electron chi connectivity index (χ4n) is 1.61. The Hall–Kier alpha value is -0.960. The van der Waals surface area contributed by atoms with Crippen molar-refractivity contribution in [1.29, 1.82) is 0 Å². The topological polar surface area (TPSA) is 34.1 Å². The van der Waals surface area contributed by atoms with Crippen molar-refractivity contribution in [2.45, 2.75) is 17.7 Å². The summed E-state index contributed by atoms with van der Waals surface area (Å²) in [4.78, 5) is 12.1. The lowest BCUT2D eigenvalue weighted by Crippen LogP contribution is -1.93. The number of carbonyl (C=O) groups is 1. The zero-order chi connectivity index (χ0) is 9.42. The zero-order valence-corrected chi connectivity index (χ0v) is 8.19. The maximum absolute atomic E-state index is 11.3. The van der Waals surface area contributed by atoms with Gasteiger partial charge in [0.1, 0.15) is 0 Å². The second-order valence-electron chi connectivity index (χ2n) is 3.20. The first-order chi connectivity index (χ1) is 6.18. The van der Waals surface area contributed by atoms with Gasteiger partial charge in [-0.2, -0.15) is 0 Å². The lowest BCUT2D eigenvalue weighted by Gasteiger charge is -2.00. The predicted octanol–water partition coefficient (Wildman–Crippen LogP) is 1.55. The Bertz CT molecular complexity index is 396. The maximum Gasteiger partial charge on any atom is 0.163 e. The third-order valence-electron chi connectivity index (χ3n) is 2.33. The van der Waals surface area contributed by atoms with E-state index in [9.17, 15) is 9.00 Å². The summed E-state index contributed by atoms with van der Waals surface area (Å²) in [6.07, 6.45) is 3.06. The van der Waals surface area contributed by atoms with Crippen molar-refractivity contribution in [3.8, 4) is 0 Å². The Morgan fingerprint density at radius 2 is 2.08 bits per heavy atom. The van der Waals surface area contributed by atoms with Crippen LogP contribution in [0.2, 0.25) is 0 Å². The van der Waals surface area contributed by atoms with Crippen LogP contribution in [-0.2, 0) is 17.2 Å². The van der Waals surface area contributed by atoms with Gasteiger partial charge < -0.3 is 0 Å². The number of Topliss-reactive ketones (excluding diaryl/α,β-unsaturated/α-hetero) is 1. The van der Waals surface area contributed by atoms with Crippen LogP contribution >= 0.6 is 0 Å². The number of rotatable bonds is 1. The molecule has 1 unspecified atom stereocenters. The Labute approximate surface area is 79.4 Å². The van der Waals surface area contributed by atoms with Gasteiger partial charge >= 0.3 is 0 Å². The standard InChI is InChI=1S/C10H10O2S/c1-13(12)8-3-4-9-7(6-8)2-5-10(9)11/h3-4,6H,2,5H2,1H3. The molecule has 13 heavy (non-hydrogen) atoms. The third kappa shape index (κ3) is 1.44. The highest BCUT2D eigenvalue weighted by molar-refractivity contribution is 7.84. The summed E-state index contributed by atoms with van der Waals surface area (Å²) in [5.74, 6) is 0.212. The molecule has 0 bridgehead atoms. The van der Waals surface area contributed by atoms with Crippen molar-refractivity contribution in [2.24, 2.45) is 0 Å². The molecule has 0 fully saturated rings. The highest BCUT2D eigenvalue weighted by Gasteiger charge is 2.19. The van der Waals surface area contributed by atoms with E-state index in [1.165, 1.54) is 0 Å². The van der Waals surface area contributed by atoms with Crippen molar-refractivity contribution >= 4 is 16.6 Å². The van der Waals surface area contributed by atoms with Crippen LogP contribution in [-0.4, -0.2) is 16.2 Å². The Morgan fingerprint density at radius 3 is 2.77 bits per heavy atom. The fourth-order valence-corrected chi connectivity index (χ4v) is 2.18. The fraction of sp³-hybridized carbons (Fsp3) is 0.300. The maximum atomic E-state index is 11.3. The van der Waals surface area contributed by atoms with Crippen molar-refractivity contribution in [1.82, 2.24) is 0 Å². The molecular weight excluding hydrogens is 184 g/mol. The van der Waals surface area contributed by atoms with Crippen molar-refractivity contribution in [2.75, 3.05) is 6.26 Å². The van der Waals surface area contributed by atoms with Gasteiger partial charge in [0.2, 0.25) is 0 Å². The van der Waals surface area contributed by atoms with Crippen LogP contribution < -0.4 is 0 Å². The van der Waals surface area contributed by atoms with Crippen LogP contribution in [0, 0.1) is 0 Å². The highest BCUT2D eigenvalue weighted by Crippen LogP contribution is 2.23. The molecule has 0 saturated heterocycles. The molecule has 0 aliphatic heterocycles. The van der Waals surface area contributed by atoms with Crippen LogP contribution in [0.3, 0.4) is 0 Å². The number of aryl methyl sites for hydroxylation is 1.